The number of hydrogen-bond acceptors (Lipinski definition) is 3. The molecule has 0 spiro atoms. The van der Waals surface area contributed by atoms with Gasteiger partial charge in [0.25, 0.3) is 0 Å². The highest BCUT2D eigenvalue weighted by atomic mass is 32.2. The second kappa shape index (κ2) is 5.89. The van der Waals surface area contributed by atoms with E-state index >= 15 is 0 Å². The molecule has 1 atom stereocenters. The van der Waals surface area contributed by atoms with Crippen LogP contribution < -0.4 is 5.73 Å². The SMILES string of the molecule is N[C@H](CSCc1cccc2ccccc12)C(=O)O. The van der Waals surface area contributed by atoms with Gasteiger partial charge in [0.1, 0.15) is 6.04 Å². The van der Waals surface area contributed by atoms with Gasteiger partial charge in [-0.1, -0.05) is 42.5 Å². The van der Waals surface area contributed by atoms with Gasteiger partial charge in [0.15, 0.2) is 0 Å². The lowest BCUT2D eigenvalue weighted by atomic mass is 10.1. The quantitative estimate of drug-likeness (QED) is 0.868. The van der Waals surface area contributed by atoms with Gasteiger partial charge in [-0.25, -0.2) is 0 Å². The number of carbonyl (C=O) groups is 1. The summed E-state index contributed by atoms with van der Waals surface area (Å²) >= 11 is 1.55. The molecular formula is C14H15NO2S. The minimum absolute atomic E-state index is 0.429. The maximum atomic E-state index is 10.6. The molecule has 0 aliphatic rings. The molecule has 0 bridgehead atoms. The summed E-state index contributed by atoms with van der Waals surface area (Å²) in [5.74, 6) is 0.265. The smallest absolute Gasteiger partial charge is 0.321 e. The molecule has 94 valence electrons. The maximum absolute atomic E-state index is 10.6. The maximum Gasteiger partial charge on any atom is 0.321 e. The Kier molecular flexibility index (Phi) is 4.23. The molecule has 4 heteroatoms. The van der Waals surface area contributed by atoms with Crippen molar-refractivity contribution in [3.8, 4) is 0 Å². The van der Waals surface area contributed by atoms with Crippen LogP contribution in [0.25, 0.3) is 10.8 Å². The van der Waals surface area contributed by atoms with Gasteiger partial charge in [-0.3, -0.25) is 4.79 Å². The van der Waals surface area contributed by atoms with Crippen molar-refractivity contribution in [1.82, 2.24) is 0 Å². The molecule has 0 fully saturated rings. The van der Waals surface area contributed by atoms with Gasteiger partial charge in [-0.05, 0) is 16.3 Å². The molecule has 0 heterocycles. The van der Waals surface area contributed by atoms with E-state index in [0.29, 0.717) is 5.75 Å². The Morgan fingerprint density at radius 2 is 1.94 bits per heavy atom. The summed E-state index contributed by atoms with van der Waals surface area (Å²) in [6, 6.07) is 13.6. The van der Waals surface area contributed by atoms with Gasteiger partial charge in [-0.15, -0.1) is 0 Å². The summed E-state index contributed by atoms with van der Waals surface area (Å²) in [7, 11) is 0. The van der Waals surface area contributed by atoms with Crippen LogP contribution in [0.4, 0.5) is 0 Å². The molecule has 2 aromatic rings. The zero-order valence-corrected chi connectivity index (χ0v) is 10.7. The van der Waals surface area contributed by atoms with Crippen LogP contribution in [0.15, 0.2) is 42.5 Å². The topological polar surface area (TPSA) is 63.3 Å². The summed E-state index contributed by atoms with van der Waals surface area (Å²) in [5, 5.41) is 11.1. The fourth-order valence-corrected chi connectivity index (χ4v) is 2.77. The highest BCUT2D eigenvalue weighted by molar-refractivity contribution is 7.98. The highest BCUT2D eigenvalue weighted by Crippen LogP contribution is 2.22. The number of thioether (sulfide) groups is 1. The fourth-order valence-electron chi connectivity index (χ4n) is 1.79. The van der Waals surface area contributed by atoms with Crippen LogP contribution in [-0.2, 0) is 10.5 Å². The van der Waals surface area contributed by atoms with Crippen LogP contribution in [0.3, 0.4) is 0 Å². The fraction of sp³-hybridized carbons (Fsp3) is 0.214. The van der Waals surface area contributed by atoms with Crippen molar-refractivity contribution in [1.29, 1.82) is 0 Å². The number of benzene rings is 2. The highest BCUT2D eigenvalue weighted by Gasteiger charge is 2.11. The molecule has 0 unspecified atom stereocenters. The molecule has 0 aromatic heterocycles. The average molecular weight is 261 g/mol. The minimum Gasteiger partial charge on any atom is -0.480 e. The van der Waals surface area contributed by atoms with Gasteiger partial charge >= 0.3 is 5.97 Å². The largest absolute Gasteiger partial charge is 0.480 e. The molecule has 2 aromatic carbocycles. The molecule has 3 N–H and O–H groups in total. The molecule has 0 saturated carbocycles. The molecule has 0 radical (unpaired) electrons. The van der Waals surface area contributed by atoms with Crippen LogP contribution >= 0.6 is 11.8 Å². The van der Waals surface area contributed by atoms with Crippen molar-refractivity contribution in [3.05, 3.63) is 48.0 Å². The summed E-state index contributed by atoms with van der Waals surface area (Å²) in [4.78, 5) is 10.6. The Morgan fingerprint density at radius 1 is 1.22 bits per heavy atom. The monoisotopic (exact) mass is 261 g/mol. The third-order valence-electron chi connectivity index (χ3n) is 2.75. The predicted octanol–water partition coefficient (Wildman–Crippen LogP) is 2.48. The van der Waals surface area contributed by atoms with Gasteiger partial charge in [-0.2, -0.15) is 11.8 Å². The third-order valence-corrected chi connectivity index (χ3v) is 3.86. The number of fused-ring (bicyclic) bond motifs is 1. The molecule has 0 aliphatic carbocycles. The first-order valence-electron chi connectivity index (χ1n) is 5.71. The number of hydrogen-bond donors (Lipinski definition) is 2. The number of rotatable bonds is 5. The van der Waals surface area contributed by atoms with Crippen molar-refractivity contribution < 1.29 is 9.90 Å². The van der Waals surface area contributed by atoms with E-state index in [1.807, 2.05) is 18.2 Å². The number of nitrogens with two attached hydrogens (primary N) is 1. The van der Waals surface area contributed by atoms with Crippen LogP contribution in [0, 0.1) is 0 Å². The first-order chi connectivity index (χ1) is 8.68. The lowest BCUT2D eigenvalue weighted by Gasteiger charge is -2.08. The summed E-state index contributed by atoms with van der Waals surface area (Å²) in [6.45, 7) is 0. The molecular weight excluding hydrogens is 246 g/mol. The van der Waals surface area contributed by atoms with E-state index in [4.69, 9.17) is 10.8 Å². The standard InChI is InChI=1S/C14H15NO2S/c15-13(14(16)17)9-18-8-11-6-3-5-10-4-1-2-7-12(10)11/h1-7,13H,8-9,15H2,(H,16,17)/t13-/m1/s1. The number of carboxylic acids is 1. The molecule has 0 aliphatic heterocycles. The first kappa shape index (κ1) is 12.9. The lowest BCUT2D eigenvalue weighted by molar-refractivity contribution is -0.137. The van der Waals surface area contributed by atoms with Crippen LogP contribution in [-0.4, -0.2) is 22.9 Å². The average Bonchev–Trinajstić information content (AvgIpc) is 2.38. The molecule has 0 saturated heterocycles. The van der Waals surface area contributed by atoms with Crippen molar-refractivity contribution in [2.24, 2.45) is 5.73 Å². The second-order valence-electron chi connectivity index (χ2n) is 4.10. The first-order valence-corrected chi connectivity index (χ1v) is 6.86. The lowest BCUT2D eigenvalue weighted by Crippen LogP contribution is -2.32. The Balaban J connectivity index is 2.06. The van der Waals surface area contributed by atoms with Crippen molar-refractivity contribution in [3.63, 3.8) is 0 Å². The predicted molar refractivity (Wildman–Crippen MR) is 75.7 cm³/mol. The van der Waals surface area contributed by atoms with Gasteiger partial charge in [0, 0.05) is 11.5 Å². The van der Waals surface area contributed by atoms with E-state index < -0.39 is 12.0 Å². The van der Waals surface area contributed by atoms with Gasteiger partial charge in [0.2, 0.25) is 0 Å². The third kappa shape index (κ3) is 3.03. The summed E-state index contributed by atoms with van der Waals surface area (Å²) < 4.78 is 0. The van der Waals surface area contributed by atoms with Crippen molar-refractivity contribution in [2.75, 3.05) is 5.75 Å². The Morgan fingerprint density at radius 3 is 2.72 bits per heavy atom. The Hall–Kier alpha value is -1.52. The van der Waals surface area contributed by atoms with Gasteiger partial charge < -0.3 is 10.8 Å². The van der Waals surface area contributed by atoms with Gasteiger partial charge in [0.05, 0.1) is 0 Å². The zero-order chi connectivity index (χ0) is 13.0. The Bertz CT molecular complexity index is 551. The minimum atomic E-state index is -0.944. The summed E-state index contributed by atoms with van der Waals surface area (Å²) in [5.41, 5.74) is 6.69. The number of aliphatic carboxylic acids is 1. The van der Waals surface area contributed by atoms with E-state index in [1.165, 1.54) is 16.3 Å². The summed E-state index contributed by atoms with van der Waals surface area (Å²) in [6.07, 6.45) is 0. The van der Waals surface area contributed by atoms with Crippen molar-refractivity contribution in [2.45, 2.75) is 11.8 Å². The second-order valence-corrected chi connectivity index (χ2v) is 5.13. The van der Waals surface area contributed by atoms with E-state index in [1.54, 1.807) is 11.8 Å². The normalized spacial score (nSPS) is 12.5. The van der Waals surface area contributed by atoms with E-state index in [-0.39, 0.29) is 0 Å². The molecule has 3 nitrogen and oxygen atoms in total. The molecule has 18 heavy (non-hydrogen) atoms. The number of carboxylic acid groups (broad SMARTS) is 1. The van der Waals surface area contributed by atoms with Crippen molar-refractivity contribution >= 4 is 28.5 Å². The molecule has 2 rings (SSSR count). The van der Waals surface area contributed by atoms with E-state index in [0.717, 1.165) is 5.75 Å². The van der Waals surface area contributed by atoms with Crippen LogP contribution in [0.2, 0.25) is 0 Å². The molecule has 0 amide bonds. The zero-order valence-electron chi connectivity index (χ0n) is 9.87. The van der Waals surface area contributed by atoms with Crippen LogP contribution in [0.5, 0.6) is 0 Å². The van der Waals surface area contributed by atoms with E-state index in [9.17, 15) is 4.79 Å². The van der Waals surface area contributed by atoms with E-state index in [2.05, 4.69) is 24.3 Å². The van der Waals surface area contributed by atoms with Crippen LogP contribution in [0.1, 0.15) is 5.56 Å². The Labute approximate surface area is 110 Å².